The molecule has 116 valence electrons. The van der Waals surface area contributed by atoms with Crippen LogP contribution < -0.4 is 5.32 Å². The van der Waals surface area contributed by atoms with Crippen molar-refractivity contribution in [2.24, 2.45) is 0 Å². The van der Waals surface area contributed by atoms with Gasteiger partial charge >= 0.3 is 0 Å². The summed E-state index contributed by atoms with van der Waals surface area (Å²) in [5.41, 5.74) is 0. The van der Waals surface area contributed by atoms with Crippen molar-refractivity contribution in [3.8, 4) is 0 Å². The molecule has 1 N–H and O–H groups in total. The average Bonchev–Trinajstić information content (AvgIpc) is 2.89. The maximum absolute atomic E-state index is 12.2. The fourth-order valence-electron chi connectivity index (χ4n) is 3.25. The van der Waals surface area contributed by atoms with E-state index in [9.17, 15) is 13.2 Å². The maximum atomic E-state index is 12.2. The van der Waals surface area contributed by atoms with Crippen LogP contribution in [-0.2, 0) is 14.6 Å². The summed E-state index contributed by atoms with van der Waals surface area (Å²) in [5, 5.41) is 2.90. The first-order valence-corrected chi connectivity index (χ1v) is 9.22. The zero-order valence-corrected chi connectivity index (χ0v) is 13.2. The first-order chi connectivity index (χ1) is 9.39. The van der Waals surface area contributed by atoms with Gasteiger partial charge in [0.2, 0.25) is 5.91 Å². The Bertz CT molecular complexity index is 446. The lowest BCUT2D eigenvalue weighted by Gasteiger charge is -2.32. The molecule has 0 radical (unpaired) electrons. The van der Waals surface area contributed by atoms with Crippen LogP contribution in [0, 0.1) is 0 Å². The number of hydrogen-bond donors (Lipinski definition) is 1. The minimum absolute atomic E-state index is 0.0168. The van der Waals surface area contributed by atoms with E-state index in [1.807, 2.05) is 16.8 Å². The Hall–Kier alpha value is -0.660. The summed E-state index contributed by atoms with van der Waals surface area (Å²) in [6.45, 7) is 3.48. The molecular formula is C13H25N3O3S. The topological polar surface area (TPSA) is 69.7 Å². The van der Waals surface area contributed by atoms with Crippen molar-refractivity contribution in [1.82, 2.24) is 15.1 Å². The molecule has 2 aliphatic rings. The van der Waals surface area contributed by atoms with Gasteiger partial charge in [0.15, 0.2) is 9.84 Å². The summed E-state index contributed by atoms with van der Waals surface area (Å²) in [6.07, 6.45) is 3.81. The summed E-state index contributed by atoms with van der Waals surface area (Å²) in [7, 11) is -1.16. The lowest BCUT2D eigenvalue weighted by Crippen LogP contribution is -2.51. The van der Waals surface area contributed by atoms with Gasteiger partial charge < -0.3 is 10.2 Å². The smallest absolute Gasteiger partial charge is 0.236 e. The van der Waals surface area contributed by atoms with Crippen LogP contribution in [0.25, 0.3) is 0 Å². The molecular weight excluding hydrogens is 278 g/mol. The Morgan fingerprint density at radius 2 is 1.95 bits per heavy atom. The number of sulfone groups is 1. The summed E-state index contributed by atoms with van der Waals surface area (Å²) in [4.78, 5) is 16.0. The van der Waals surface area contributed by atoms with Crippen LogP contribution in [-0.4, -0.2) is 81.4 Å². The Balaban J connectivity index is 1.93. The van der Waals surface area contributed by atoms with E-state index in [0.29, 0.717) is 6.54 Å². The quantitative estimate of drug-likeness (QED) is 0.745. The highest BCUT2D eigenvalue weighted by molar-refractivity contribution is 7.91. The van der Waals surface area contributed by atoms with Crippen LogP contribution in [0.1, 0.15) is 19.3 Å². The molecule has 1 amide bonds. The van der Waals surface area contributed by atoms with Crippen molar-refractivity contribution < 1.29 is 13.2 Å². The third-order valence-corrected chi connectivity index (χ3v) is 6.04. The molecule has 0 bridgehead atoms. The number of nitrogens with zero attached hydrogens (tertiary/aromatic N) is 2. The van der Waals surface area contributed by atoms with Crippen LogP contribution in [0.5, 0.6) is 0 Å². The number of carbonyl (C=O) groups excluding carboxylic acids is 1. The Labute approximate surface area is 121 Å². The van der Waals surface area contributed by atoms with Gasteiger partial charge in [0.05, 0.1) is 11.8 Å². The first-order valence-electron chi connectivity index (χ1n) is 7.27. The van der Waals surface area contributed by atoms with Gasteiger partial charge in [-0.1, -0.05) is 6.42 Å². The van der Waals surface area contributed by atoms with Crippen LogP contribution in [0.4, 0.5) is 0 Å². The number of likely N-dealkylation sites (N-methyl/N-ethyl adjacent to an activating group) is 1. The van der Waals surface area contributed by atoms with Gasteiger partial charge in [-0.25, -0.2) is 8.42 Å². The highest BCUT2D eigenvalue weighted by atomic mass is 32.2. The fraction of sp³-hybridized carbons (Fsp3) is 0.923. The minimum atomic E-state index is -3.03. The second-order valence-corrected chi connectivity index (χ2v) is 8.18. The molecule has 1 aliphatic carbocycles. The van der Waals surface area contributed by atoms with Gasteiger partial charge in [0.1, 0.15) is 0 Å². The number of carbonyl (C=O) groups is 1. The SMILES string of the molecule is CN(CC(=O)N1CCNCC1)C1CCCC1S(C)(=O)=O. The molecule has 7 heteroatoms. The van der Waals surface area contributed by atoms with Gasteiger partial charge in [-0.05, 0) is 19.9 Å². The van der Waals surface area contributed by atoms with Gasteiger partial charge in [-0.15, -0.1) is 0 Å². The molecule has 0 aromatic carbocycles. The minimum Gasteiger partial charge on any atom is -0.339 e. The van der Waals surface area contributed by atoms with Crippen LogP contribution in [0.2, 0.25) is 0 Å². The number of rotatable bonds is 4. The zero-order chi connectivity index (χ0) is 14.8. The van der Waals surface area contributed by atoms with Gasteiger partial charge in [0, 0.05) is 38.5 Å². The third kappa shape index (κ3) is 3.71. The van der Waals surface area contributed by atoms with E-state index in [4.69, 9.17) is 0 Å². The molecule has 0 aromatic rings. The maximum Gasteiger partial charge on any atom is 0.236 e. The molecule has 2 atom stereocenters. The highest BCUT2D eigenvalue weighted by Gasteiger charge is 2.37. The Morgan fingerprint density at radius 3 is 2.55 bits per heavy atom. The molecule has 0 aromatic heterocycles. The molecule has 0 spiro atoms. The van der Waals surface area contributed by atoms with Crippen molar-refractivity contribution in [3.63, 3.8) is 0 Å². The second-order valence-electron chi connectivity index (χ2n) is 5.91. The predicted octanol–water partition coefficient (Wildman–Crippen LogP) is -0.684. The van der Waals surface area contributed by atoms with Crippen molar-refractivity contribution in [1.29, 1.82) is 0 Å². The standard InChI is InChI=1S/C13H25N3O3S/c1-15(10-13(17)16-8-6-14-7-9-16)11-4-3-5-12(11)20(2,18)19/h11-12,14H,3-10H2,1-2H3. The van der Waals surface area contributed by atoms with Crippen LogP contribution in [0.3, 0.4) is 0 Å². The second kappa shape index (κ2) is 6.41. The van der Waals surface area contributed by atoms with Crippen molar-refractivity contribution >= 4 is 15.7 Å². The summed E-state index contributed by atoms with van der Waals surface area (Å²) in [6, 6.07) is -0.0168. The van der Waals surface area contributed by atoms with E-state index in [2.05, 4.69) is 5.32 Å². The number of amides is 1. The Kier molecular flexibility index (Phi) is 5.04. The van der Waals surface area contributed by atoms with E-state index in [-0.39, 0.29) is 17.2 Å². The van der Waals surface area contributed by atoms with E-state index in [0.717, 1.165) is 45.4 Å². The van der Waals surface area contributed by atoms with Gasteiger partial charge in [0.25, 0.3) is 0 Å². The van der Waals surface area contributed by atoms with E-state index >= 15 is 0 Å². The predicted molar refractivity (Wildman–Crippen MR) is 78.4 cm³/mol. The fourth-order valence-corrected chi connectivity index (χ4v) is 4.76. The largest absolute Gasteiger partial charge is 0.339 e. The molecule has 6 nitrogen and oxygen atoms in total. The molecule has 1 saturated heterocycles. The molecule has 2 fully saturated rings. The molecule has 2 unspecified atom stereocenters. The van der Waals surface area contributed by atoms with Gasteiger partial charge in [-0.2, -0.15) is 0 Å². The lowest BCUT2D eigenvalue weighted by atomic mass is 10.2. The molecule has 1 heterocycles. The normalized spacial score (nSPS) is 28.1. The molecule has 1 saturated carbocycles. The summed E-state index contributed by atoms with van der Waals surface area (Å²) in [5.74, 6) is 0.105. The monoisotopic (exact) mass is 303 g/mol. The first kappa shape index (κ1) is 15.7. The van der Waals surface area contributed by atoms with E-state index < -0.39 is 9.84 Å². The molecule has 2 rings (SSSR count). The summed E-state index contributed by atoms with van der Waals surface area (Å²) < 4.78 is 23.6. The zero-order valence-electron chi connectivity index (χ0n) is 12.3. The third-order valence-electron chi connectivity index (χ3n) is 4.39. The van der Waals surface area contributed by atoms with Crippen molar-refractivity contribution in [3.05, 3.63) is 0 Å². The number of hydrogen-bond acceptors (Lipinski definition) is 5. The van der Waals surface area contributed by atoms with Crippen molar-refractivity contribution in [2.75, 3.05) is 46.0 Å². The number of nitrogens with one attached hydrogen (secondary N) is 1. The van der Waals surface area contributed by atoms with Crippen molar-refractivity contribution in [2.45, 2.75) is 30.6 Å². The number of piperazine rings is 1. The van der Waals surface area contributed by atoms with Crippen LogP contribution in [0.15, 0.2) is 0 Å². The van der Waals surface area contributed by atoms with Crippen LogP contribution >= 0.6 is 0 Å². The van der Waals surface area contributed by atoms with E-state index in [1.165, 1.54) is 6.26 Å². The van der Waals surface area contributed by atoms with Gasteiger partial charge in [-0.3, -0.25) is 9.69 Å². The van der Waals surface area contributed by atoms with E-state index in [1.54, 1.807) is 0 Å². The molecule has 1 aliphatic heterocycles. The lowest BCUT2D eigenvalue weighted by molar-refractivity contribution is -0.133. The summed E-state index contributed by atoms with van der Waals surface area (Å²) >= 11 is 0. The average molecular weight is 303 g/mol. The molecule has 20 heavy (non-hydrogen) atoms. The Morgan fingerprint density at radius 1 is 1.30 bits per heavy atom. The highest BCUT2D eigenvalue weighted by Crippen LogP contribution is 2.28.